The predicted molar refractivity (Wildman–Crippen MR) is 106 cm³/mol. The van der Waals surface area contributed by atoms with E-state index in [0.717, 1.165) is 16.9 Å². The number of anilines is 1. The summed E-state index contributed by atoms with van der Waals surface area (Å²) in [6.07, 6.45) is 0. The molecule has 0 aliphatic carbocycles. The summed E-state index contributed by atoms with van der Waals surface area (Å²) in [6.45, 7) is 8.78. The van der Waals surface area contributed by atoms with Gasteiger partial charge in [-0.1, -0.05) is 18.2 Å². The normalized spacial score (nSPS) is 10.2. The predicted octanol–water partition coefficient (Wildman–Crippen LogP) is 3.99. The van der Waals surface area contributed by atoms with Crippen molar-refractivity contribution < 1.29 is 19.1 Å². The maximum atomic E-state index is 12.1. The van der Waals surface area contributed by atoms with Crippen LogP contribution in [0.15, 0.2) is 36.4 Å². The second-order valence-corrected chi connectivity index (χ2v) is 6.20. The Kier molecular flexibility index (Phi) is 7.23. The minimum atomic E-state index is -0.470. The molecule has 0 aromatic heterocycles. The van der Waals surface area contributed by atoms with Gasteiger partial charge in [0, 0.05) is 0 Å². The van der Waals surface area contributed by atoms with Gasteiger partial charge >= 0.3 is 12.0 Å². The Balaban J connectivity index is 1.85. The Hall–Kier alpha value is -3.02. The molecule has 0 saturated carbocycles. The molecular formula is C21H26N2O4. The highest BCUT2D eigenvalue weighted by Gasteiger charge is 2.13. The van der Waals surface area contributed by atoms with Gasteiger partial charge in [-0.3, -0.25) is 0 Å². The number of nitrogens with one attached hydrogen (secondary N) is 2. The van der Waals surface area contributed by atoms with Crippen LogP contribution in [0, 0.1) is 20.8 Å². The summed E-state index contributed by atoms with van der Waals surface area (Å²) < 4.78 is 10.7. The van der Waals surface area contributed by atoms with Crippen LogP contribution in [0.25, 0.3) is 0 Å². The SMILES string of the molecule is CCOC(=O)c1ccccc1NC(=O)NCCOc1cc(C)c(C)cc1C. The summed E-state index contributed by atoms with van der Waals surface area (Å²) in [5, 5.41) is 5.39. The monoisotopic (exact) mass is 370 g/mol. The number of amides is 2. The molecule has 0 spiro atoms. The molecule has 2 N–H and O–H groups in total. The van der Waals surface area contributed by atoms with Gasteiger partial charge in [-0.05, 0) is 62.6 Å². The van der Waals surface area contributed by atoms with Gasteiger partial charge in [-0.2, -0.15) is 0 Å². The Morgan fingerprint density at radius 1 is 1.00 bits per heavy atom. The van der Waals surface area contributed by atoms with Crippen molar-refractivity contribution >= 4 is 17.7 Å². The summed E-state index contributed by atoms with van der Waals surface area (Å²) in [5.41, 5.74) is 4.16. The lowest BCUT2D eigenvalue weighted by atomic mass is 10.1. The maximum absolute atomic E-state index is 12.1. The van der Waals surface area contributed by atoms with Crippen LogP contribution in [-0.2, 0) is 4.74 Å². The fraction of sp³-hybridized carbons (Fsp3) is 0.333. The highest BCUT2D eigenvalue weighted by molar-refractivity contribution is 6.00. The van der Waals surface area contributed by atoms with E-state index in [1.807, 2.05) is 19.9 Å². The van der Waals surface area contributed by atoms with Crippen molar-refractivity contribution in [3.05, 3.63) is 58.7 Å². The van der Waals surface area contributed by atoms with Gasteiger partial charge in [-0.25, -0.2) is 9.59 Å². The first-order valence-electron chi connectivity index (χ1n) is 8.94. The Morgan fingerprint density at radius 3 is 2.44 bits per heavy atom. The average Bonchev–Trinajstić information content (AvgIpc) is 2.63. The summed E-state index contributed by atoms with van der Waals surface area (Å²) >= 11 is 0. The average molecular weight is 370 g/mol. The Bertz CT molecular complexity index is 818. The minimum Gasteiger partial charge on any atom is -0.491 e. The van der Waals surface area contributed by atoms with Crippen LogP contribution in [0.4, 0.5) is 10.5 Å². The molecule has 6 nitrogen and oxygen atoms in total. The first-order valence-corrected chi connectivity index (χ1v) is 8.94. The quantitative estimate of drug-likeness (QED) is 0.571. The zero-order valence-electron chi connectivity index (χ0n) is 16.2. The van der Waals surface area contributed by atoms with Crippen LogP contribution < -0.4 is 15.4 Å². The molecule has 0 saturated heterocycles. The third-order valence-electron chi connectivity index (χ3n) is 4.11. The first-order chi connectivity index (χ1) is 12.9. The van der Waals surface area contributed by atoms with Gasteiger partial charge < -0.3 is 20.1 Å². The fourth-order valence-electron chi connectivity index (χ4n) is 2.56. The van der Waals surface area contributed by atoms with Gasteiger partial charge in [0.25, 0.3) is 0 Å². The van der Waals surface area contributed by atoms with Crippen LogP contribution in [0.5, 0.6) is 5.75 Å². The second kappa shape index (κ2) is 9.62. The van der Waals surface area contributed by atoms with E-state index in [1.54, 1.807) is 31.2 Å². The molecule has 2 rings (SSSR count). The van der Waals surface area contributed by atoms with Crippen molar-refractivity contribution in [2.75, 3.05) is 25.1 Å². The fourth-order valence-corrected chi connectivity index (χ4v) is 2.56. The van der Waals surface area contributed by atoms with Gasteiger partial charge in [0.15, 0.2) is 0 Å². The molecule has 144 valence electrons. The van der Waals surface area contributed by atoms with Crippen LogP contribution in [0.1, 0.15) is 34.0 Å². The standard InChI is InChI=1S/C21H26N2O4/c1-5-26-20(24)17-8-6-7-9-18(17)23-21(25)22-10-11-27-19-13-15(3)14(2)12-16(19)4/h6-9,12-13H,5,10-11H2,1-4H3,(H2,22,23,25). The molecule has 2 amide bonds. The van der Waals surface area contributed by atoms with Crippen molar-refractivity contribution in [2.24, 2.45) is 0 Å². The van der Waals surface area contributed by atoms with E-state index in [2.05, 4.69) is 23.6 Å². The summed E-state index contributed by atoms with van der Waals surface area (Å²) in [7, 11) is 0. The minimum absolute atomic E-state index is 0.272. The van der Waals surface area contributed by atoms with E-state index < -0.39 is 12.0 Å². The Morgan fingerprint density at radius 2 is 1.70 bits per heavy atom. The number of esters is 1. The first kappa shape index (κ1) is 20.3. The van der Waals surface area contributed by atoms with E-state index >= 15 is 0 Å². The molecule has 0 aliphatic rings. The largest absolute Gasteiger partial charge is 0.491 e. The lowest BCUT2D eigenvalue weighted by molar-refractivity contribution is 0.0527. The number of benzene rings is 2. The molecule has 0 heterocycles. The van der Waals surface area contributed by atoms with Gasteiger partial charge in [0.05, 0.1) is 24.4 Å². The molecule has 0 radical (unpaired) electrons. The number of urea groups is 1. The molecule has 6 heteroatoms. The highest BCUT2D eigenvalue weighted by atomic mass is 16.5. The van der Waals surface area contributed by atoms with Crippen molar-refractivity contribution in [2.45, 2.75) is 27.7 Å². The zero-order chi connectivity index (χ0) is 19.8. The third-order valence-corrected chi connectivity index (χ3v) is 4.11. The van der Waals surface area contributed by atoms with Crippen molar-refractivity contribution in [3.63, 3.8) is 0 Å². The summed E-state index contributed by atoms with van der Waals surface area (Å²) in [4.78, 5) is 24.0. The molecule has 2 aromatic rings. The van der Waals surface area contributed by atoms with Crippen LogP contribution in [0.3, 0.4) is 0 Å². The highest BCUT2D eigenvalue weighted by Crippen LogP contribution is 2.22. The van der Waals surface area contributed by atoms with E-state index in [0.29, 0.717) is 24.4 Å². The molecule has 2 aromatic carbocycles. The number of para-hydroxylation sites is 1. The number of rotatable bonds is 7. The lowest BCUT2D eigenvalue weighted by Gasteiger charge is -2.13. The third kappa shape index (κ3) is 5.74. The van der Waals surface area contributed by atoms with E-state index in [4.69, 9.17) is 9.47 Å². The molecule has 0 atom stereocenters. The van der Waals surface area contributed by atoms with Crippen LogP contribution in [-0.4, -0.2) is 31.8 Å². The molecular weight excluding hydrogens is 344 g/mol. The summed E-state index contributed by atoms with van der Waals surface area (Å²) in [6, 6.07) is 10.4. The molecule has 0 bridgehead atoms. The Labute approximate surface area is 159 Å². The molecule has 0 unspecified atom stereocenters. The van der Waals surface area contributed by atoms with Crippen molar-refractivity contribution in [1.29, 1.82) is 0 Å². The molecule has 27 heavy (non-hydrogen) atoms. The lowest BCUT2D eigenvalue weighted by Crippen LogP contribution is -2.32. The number of ether oxygens (including phenoxy) is 2. The molecule has 0 aliphatic heterocycles. The zero-order valence-corrected chi connectivity index (χ0v) is 16.2. The van der Waals surface area contributed by atoms with Gasteiger partial charge in [0.1, 0.15) is 12.4 Å². The van der Waals surface area contributed by atoms with Gasteiger partial charge in [-0.15, -0.1) is 0 Å². The topological polar surface area (TPSA) is 76.7 Å². The van der Waals surface area contributed by atoms with E-state index in [-0.39, 0.29) is 6.61 Å². The van der Waals surface area contributed by atoms with Crippen molar-refractivity contribution in [1.82, 2.24) is 5.32 Å². The second-order valence-electron chi connectivity index (χ2n) is 6.20. The smallest absolute Gasteiger partial charge is 0.340 e. The number of hydrogen-bond donors (Lipinski definition) is 2. The molecule has 0 fully saturated rings. The van der Waals surface area contributed by atoms with Gasteiger partial charge in [0.2, 0.25) is 0 Å². The maximum Gasteiger partial charge on any atom is 0.340 e. The van der Waals surface area contributed by atoms with Crippen LogP contribution in [0.2, 0.25) is 0 Å². The number of hydrogen-bond acceptors (Lipinski definition) is 4. The number of carbonyl (C=O) groups is 2. The van der Waals surface area contributed by atoms with E-state index in [1.165, 1.54) is 5.56 Å². The summed E-state index contributed by atoms with van der Waals surface area (Å²) in [5.74, 6) is 0.343. The van der Waals surface area contributed by atoms with E-state index in [9.17, 15) is 9.59 Å². The van der Waals surface area contributed by atoms with Crippen LogP contribution >= 0.6 is 0 Å². The van der Waals surface area contributed by atoms with Crippen molar-refractivity contribution in [3.8, 4) is 5.75 Å². The number of carbonyl (C=O) groups excluding carboxylic acids is 2. The number of aryl methyl sites for hydroxylation is 3.